The summed E-state index contributed by atoms with van der Waals surface area (Å²) in [6.07, 6.45) is 3.04. The van der Waals surface area contributed by atoms with Gasteiger partial charge in [0.1, 0.15) is 0 Å². The second-order valence-corrected chi connectivity index (χ2v) is 5.11. The molecule has 106 valence electrons. The molecule has 1 aromatic heterocycles. The normalized spacial score (nSPS) is 14.4. The van der Waals surface area contributed by atoms with Crippen LogP contribution in [0.3, 0.4) is 0 Å². The van der Waals surface area contributed by atoms with Gasteiger partial charge in [-0.05, 0) is 24.0 Å². The van der Waals surface area contributed by atoms with Gasteiger partial charge in [-0.2, -0.15) is 4.98 Å². The Hall–Kier alpha value is -1.88. The number of nitrogens with zero attached hydrogens (tertiary/aromatic N) is 3. The second kappa shape index (κ2) is 5.63. The van der Waals surface area contributed by atoms with E-state index in [1.165, 1.54) is 16.8 Å². The van der Waals surface area contributed by atoms with Crippen LogP contribution in [0.15, 0.2) is 22.7 Å². The Morgan fingerprint density at radius 1 is 1.40 bits per heavy atom. The maximum Gasteiger partial charge on any atom is 0.226 e. The first-order chi connectivity index (χ1) is 9.81. The van der Waals surface area contributed by atoms with Crippen LogP contribution in [-0.4, -0.2) is 16.7 Å². The SMILES string of the molecule is CCc1nc(CN2CCCc3cccc(CN)c32)no1. The molecule has 5 heteroatoms. The molecule has 5 nitrogen and oxygen atoms in total. The van der Waals surface area contributed by atoms with Crippen molar-refractivity contribution in [2.75, 3.05) is 11.4 Å². The summed E-state index contributed by atoms with van der Waals surface area (Å²) in [6, 6.07) is 6.38. The molecule has 1 aliphatic heterocycles. The second-order valence-electron chi connectivity index (χ2n) is 5.11. The molecule has 0 atom stereocenters. The molecule has 2 N–H and O–H groups in total. The van der Waals surface area contributed by atoms with Crippen LogP contribution in [0.5, 0.6) is 0 Å². The third-order valence-corrected chi connectivity index (χ3v) is 3.76. The molecule has 0 spiro atoms. The highest BCUT2D eigenvalue weighted by Gasteiger charge is 2.21. The smallest absolute Gasteiger partial charge is 0.226 e. The van der Waals surface area contributed by atoms with E-state index in [0.29, 0.717) is 19.0 Å². The van der Waals surface area contributed by atoms with Gasteiger partial charge in [0.15, 0.2) is 5.82 Å². The standard InChI is InChI=1S/C15H20N4O/c1-2-14-17-13(18-20-14)10-19-8-4-7-11-5-3-6-12(9-16)15(11)19/h3,5-6H,2,4,7-10,16H2,1H3. The van der Waals surface area contributed by atoms with Crippen LogP contribution in [0.4, 0.5) is 5.69 Å². The van der Waals surface area contributed by atoms with Gasteiger partial charge in [0.2, 0.25) is 5.89 Å². The molecule has 3 rings (SSSR count). The summed E-state index contributed by atoms with van der Waals surface area (Å²) in [5.74, 6) is 1.45. The Labute approximate surface area is 118 Å². The summed E-state index contributed by atoms with van der Waals surface area (Å²) in [7, 11) is 0. The Balaban J connectivity index is 1.89. The first-order valence-electron chi connectivity index (χ1n) is 7.19. The van der Waals surface area contributed by atoms with E-state index < -0.39 is 0 Å². The van der Waals surface area contributed by atoms with Gasteiger partial charge in [-0.15, -0.1) is 0 Å². The Morgan fingerprint density at radius 2 is 2.30 bits per heavy atom. The fraction of sp³-hybridized carbons (Fsp3) is 0.467. The monoisotopic (exact) mass is 272 g/mol. The lowest BCUT2D eigenvalue weighted by Gasteiger charge is -2.32. The summed E-state index contributed by atoms with van der Waals surface area (Å²) in [4.78, 5) is 6.73. The van der Waals surface area contributed by atoms with Crippen LogP contribution in [0.25, 0.3) is 0 Å². The highest BCUT2D eigenvalue weighted by Crippen LogP contribution is 2.31. The Kier molecular flexibility index (Phi) is 3.69. The number of benzene rings is 1. The molecule has 0 amide bonds. The molecule has 0 aliphatic carbocycles. The molecule has 1 aliphatic rings. The molecule has 0 unspecified atom stereocenters. The van der Waals surface area contributed by atoms with Crippen LogP contribution >= 0.6 is 0 Å². The maximum absolute atomic E-state index is 5.88. The van der Waals surface area contributed by atoms with E-state index in [0.717, 1.165) is 31.6 Å². The number of nitrogens with two attached hydrogens (primary N) is 1. The van der Waals surface area contributed by atoms with Crippen LogP contribution in [0.2, 0.25) is 0 Å². The van der Waals surface area contributed by atoms with Crippen molar-refractivity contribution >= 4 is 5.69 Å². The van der Waals surface area contributed by atoms with E-state index in [-0.39, 0.29) is 0 Å². The maximum atomic E-state index is 5.88. The average molecular weight is 272 g/mol. The van der Waals surface area contributed by atoms with Gasteiger partial charge in [0.25, 0.3) is 0 Å². The zero-order valence-corrected chi connectivity index (χ0v) is 11.8. The molecule has 2 heterocycles. The quantitative estimate of drug-likeness (QED) is 0.922. The van der Waals surface area contributed by atoms with Crippen molar-refractivity contribution < 1.29 is 4.52 Å². The molecule has 0 bridgehead atoms. The van der Waals surface area contributed by atoms with Crippen molar-refractivity contribution in [1.82, 2.24) is 10.1 Å². The van der Waals surface area contributed by atoms with E-state index in [2.05, 4.69) is 33.2 Å². The average Bonchev–Trinajstić information content (AvgIpc) is 2.94. The van der Waals surface area contributed by atoms with E-state index in [1.54, 1.807) is 0 Å². The number of hydrogen-bond donors (Lipinski definition) is 1. The number of anilines is 1. The number of aryl methyl sites for hydroxylation is 2. The number of fused-ring (bicyclic) bond motifs is 1. The summed E-state index contributed by atoms with van der Waals surface area (Å²) in [5.41, 5.74) is 9.72. The third kappa shape index (κ3) is 2.41. The minimum Gasteiger partial charge on any atom is -0.363 e. The minimum atomic E-state index is 0.562. The largest absolute Gasteiger partial charge is 0.363 e. The van der Waals surface area contributed by atoms with Gasteiger partial charge < -0.3 is 15.2 Å². The van der Waals surface area contributed by atoms with Gasteiger partial charge in [-0.25, -0.2) is 0 Å². The fourth-order valence-electron chi connectivity index (χ4n) is 2.82. The zero-order valence-electron chi connectivity index (χ0n) is 11.8. The van der Waals surface area contributed by atoms with Crippen molar-refractivity contribution in [2.45, 2.75) is 39.3 Å². The highest BCUT2D eigenvalue weighted by molar-refractivity contribution is 5.61. The lowest BCUT2D eigenvalue weighted by molar-refractivity contribution is 0.376. The van der Waals surface area contributed by atoms with Crippen molar-refractivity contribution in [3.05, 3.63) is 41.0 Å². The predicted molar refractivity (Wildman–Crippen MR) is 77.4 cm³/mol. The van der Waals surface area contributed by atoms with E-state index in [9.17, 15) is 0 Å². The van der Waals surface area contributed by atoms with Crippen molar-refractivity contribution in [3.63, 3.8) is 0 Å². The molecular weight excluding hydrogens is 252 g/mol. The Bertz CT molecular complexity index is 579. The Morgan fingerprint density at radius 3 is 3.05 bits per heavy atom. The fourth-order valence-corrected chi connectivity index (χ4v) is 2.82. The predicted octanol–water partition coefficient (Wildman–Crippen LogP) is 2.04. The lowest BCUT2D eigenvalue weighted by atomic mass is 9.97. The van der Waals surface area contributed by atoms with Gasteiger partial charge in [0, 0.05) is 25.2 Å². The van der Waals surface area contributed by atoms with E-state index in [1.807, 2.05) is 6.92 Å². The van der Waals surface area contributed by atoms with Gasteiger partial charge >= 0.3 is 0 Å². The molecule has 1 aromatic carbocycles. The first kappa shape index (κ1) is 13.1. The van der Waals surface area contributed by atoms with Gasteiger partial charge in [0.05, 0.1) is 6.54 Å². The van der Waals surface area contributed by atoms with E-state index in [4.69, 9.17) is 10.3 Å². The number of rotatable bonds is 4. The van der Waals surface area contributed by atoms with Crippen LogP contribution in [0, 0.1) is 0 Å². The highest BCUT2D eigenvalue weighted by atomic mass is 16.5. The summed E-state index contributed by atoms with van der Waals surface area (Å²) < 4.78 is 5.19. The zero-order chi connectivity index (χ0) is 13.9. The molecule has 20 heavy (non-hydrogen) atoms. The summed E-state index contributed by atoms with van der Waals surface area (Å²) in [6.45, 7) is 4.28. The van der Waals surface area contributed by atoms with Crippen LogP contribution in [0.1, 0.15) is 36.2 Å². The van der Waals surface area contributed by atoms with Crippen molar-refractivity contribution in [2.24, 2.45) is 5.73 Å². The molecular formula is C15H20N4O. The van der Waals surface area contributed by atoms with Crippen molar-refractivity contribution in [1.29, 1.82) is 0 Å². The minimum absolute atomic E-state index is 0.562. The molecule has 0 radical (unpaired) electrons. The van der Waals surface area contributed by atoms with Crippen molar-refractivity contribution in [3.8, 4) is 0 Å². The number of para-hydroxylation sites is 1. The van der Waals surface area contributed by atoms with Gasteiger partial charge in [-0.3, -0.25) is 0 Å². The van der Waals surface area contributed by atoms with E-state index >= 15 is 0 Å². The lowest BCUT2D eigenvalue weighted by Crippen LogP contribution is -2.30. The number of aromatic nitrogens is 2. The third-order valence-electron chi connectivity index (χ3n) is 3.76. The molecule has 0 saturated heterocycles. The number of hydrogen-bond acceptors (Lipinski definition) is 5. The molecule has 0 fully saturated rings. The summed E-state index contributed by atoms with van der Waals surface area (Å²) in [5, 5.41) is 4.05. The molecule has 2 aromatic rings. The first-order valence-corrected chi connectivity index (χ1v) is 7.19. The van der Waals surface area contributed by atoms with Crippen LogP contribution in [-0.2, 0) is 25.9 Å². The molecule has 0 saturated carbocycles. The van der Waals surface area contributed by atoms with Crippen LogP contribution < -0.4 is 10.6 Å². The summed E-state index contributed by atoms with van der Waals surface area (Å²) >= 11 is 0. The topological polar surface area (TPSA) is 68.2 Å². The van der Waals surface area contributed by atoms with Gasteiger partial charge in [-0.1, -0.05) is 30.3 Å².